The van der Waals surface area contributed by atoms with E-state index in [1.54, 1.807) is 55.6 Å². The number of benzene rings is 3. The lowest BCUT2D eigenvalue weighted by Crippen LogP contribution is -2.31. The molecular formula is C23H23NO3S. The molecule has 0 aromatic heterocycles. The Morgan fingerprint density at radius 2 is 1.54 bits per heavy atom. The van der Waals surface area contributed by atoms with Crippen molar-refractivity contribution in [3.63, 3.8) is 0 Å². The number of sulfonamides is 1. The first-order valence-corrected chi connectivity index (χ1v) is 10.4. The third-order valence-electron chi connectivity index (χ3n) is 4.35. The number of rotatable bonds is 7. The lowest BCUT2D eigenvalue weighted by molar-refractivity contribution is 0.415. The normalized spacial score (nSPS) is 11.5. The molecule has 144 valence electrons. The van der Waals surface area contributed by atoms with Gasteiger partial charge in [0, 0.05) is 0 Å². The van der Waals surface area contributed by atoms with E-state index in [9.17, 15) is 8.42 Å². The minimum absolute atomic E-state index is 0.220. The number of nitrogens with zero attached hydrogens (tertiary/aromatic N) is 1. The lowest BCUT2D eigenvalue weighted by atomic mass is 10.2. The third kappa shape index (κ3) is 4.61. The van der Waals surface area contributed by atoms with E-state index in [-0.39, 0.29) is 11.4 Å². The molecule has 4 nitrogen and oxygen atoms in total. The molecule has 0 N–H and O–H groups in total. The monoisotopic (exact) mass is 393 g/mol. The summed E-state index contributed by atoms with van der Waals surface area (Å²) in [7, 11) is -2.12. The number of anilines is 1. The minimum Gasteiger partial charge on any atom is -0.497 e. The molecule has 0 aliphatic carbocycles. The van der Waals surface area contributed by atoms with E-state index in [1.165, 1.54) is 4.31 Å². The first-order chi connectivity index (χ1) is 13.5. The molecule has 0 radical (unpaired) electrons. The largest absolute Gasteiger partial charge is 0.497 e. The molecule has 0 saturated heterocycles. The average molecular weight is 394 g/mol. The van der Waals surface area contributed by atoms with E-state index in [1.807, 2.05) is 49.4 Å². The van der Waals surface area contributed by atoms with E-state index in [0.29, 0.717) is 11.4 Å². The van der Waals surface area contributed by atoms with Gasteiger partial charge in [0.05, 0.1) is 24.2 Å². The predicted molar refractivity (Wildman–Crippen MR) is 114 cm³/mol. The molecule has 0 amide bonds. The van der Waals surface area contributed by atoms with Crippen molar-refractivity contribution in [2.75, 3.05) is 18.0 Å². The number of ether oxygens (including phenoxy) is 1. The van der Waals surface area contributed by atoms with E-state index in [4.69, 9.17) is 4.74 Å². The molecule has 0 spiro atoms. The Labute approximate surface area is 166 Å². The van der Waals surface area contributed by atoms with Crippen LogP contribution in [0.1, 0.15) is 11.1 Å². The fraction of sp³-hybridized carbons (Fsp3) is 0.130. The summed E-state index contributed by atoms with van der Waals surface area (Å²) in [5.41, 5.74) is 2.61. The van der Waals surface area contributed by atoms with Gasteiger partial charge >= 0.3 is 0 Å². The molecule has 3 rings (SSSR count). The Kier molecular flexibility index (Phi) is 6.16. The van der Waals surface area contributed by atoms with Crippen LogP contribution in [0.15, 0.2) is 89.8 Å². The molecule has 0 aliphatic rings. The van der Waals surface area contributed by atoms with Gasteiger partial charge in [-0.05, 0) is 48.9 Å². The standard InChI is InChI=1S/C23H23NO3S/c1-19-10-16-23(17-11-19)28(25,26)24(21-12-14-22(27-2)15-13-21)18-6-9-20-7-4-3-5-8-20/h3-17H,18H2,1-2H3/b9-6+. The van der Waals surface area contributed by atoms with Crippen molar-refractivity contribution in [1.29, 1.82) is 0 Å². The van der Waals surface area contributed by atoms with Crippen molar-refractivity contribution in [3.8, 4) is 5.75 Å². The summed E-state index contributed by atoms with van der Waals surface area (Å²) in [6.45, 7) is 2.15. The van der Waals surface area contributed by atoms with Gasteiger partial charge in [-0.2, -0.15) is 0 Å². The summed E-state index contributed by atoms with van der Waals surface area (Å²) in [4.78, 5) is 0.266. The van der Waals surface area contributed by atoms with Crippen LogP contribution in [0.3, 0.4) is 0 Å². The van der Waals surface area contributed by atoms with Crippen molar-refractivity contribution in [2.24, 2.45) is 0 Å². The SMILES string of the molecule is COc1ccc(N(C/C=C/c2ccccc2)S(=O)(=O)c2ccc(C)cc2)cc1. The molecule has 0 unspecified atom stereocenters. The second-order valence-corrected chi connectivity index (χ2v) is 8.22. The highest BCUT2D eigenvalue weighted by molar-refractivity contribution is 7.92. The number of hydrogen-bond donors (Lipinski definition) is 0. The van der Waals surface area contributed by atoms with E-state index >= 15 is 0 Å². The fourth-order valence-electron chi connectivity index (χ4n) is 2.78. The molecule has 0 aliphatic heterocycles. The van der Waals surface area contributed by atoms with Gasteiger partial charge < -0.3 is 4.74 Å². The summed E-state index contributed by atoms with van der Waals surface area (Å²) >= 11 is 0. The Hall–Kier alpha value is -3.05. The zero-order chi connectivity index (χ0) is 20.0. The Morgan fingerprint density at radius 3 is 2.14 bits per heavy atom. The zero-order valence-corrected chi connectivity index (χ0v) is 16.8. The van der Waals surface area contributed by atoms with Gasteiger partial charge in [0.1, 0.15) is 5.75 Å². The van der Waals surface area contributed by atoms with Gasteiger partial charge in [0.25, 0.3) is 10.0 Å². The predicted octanol–water partition coefficient (Wildman–Crippen LogP) is 4.91. The molecule has 0 fully saturated rings. The lowest BCUT2D eigenvalue weighted by Gasteiger charge is -2.23. The van der Waals surface area contributed by atoms with Crippen LogP contribution in [-0.2, 0) is 10.0 Å². The van der Waals surface area contributed by atoms with Crippen LogP contribution in [-0.4, -0.2) is 22.1 Å². The molecule has 0 atom stereocenters. The van der Waals surface area contributed by atoms with Gasteiger partial charge in [-0.25, -0.2) is 8.42 Å². The molecule has 28 heavy (non-hydrogen) atoms. The number of aryl methyl sites for hydroxylation is 1. The summed E-state index contributed by atoms with van der Waals surface area (Å²) < 4.78 is 33.2. The van der Waals surface area contributed by atoms with Gasteiger partial charge in [0.15, 0.2) is 0 Å². The maximum atomic E-state index is 13.3. The molecule has 0 bridgehead atoms. The van der Waals surface area contributed by atoms with Gasteiger partial charge in [-0.3, -0.25) is 4.31 Å². The summed E-state index contributed by atoms with van der Waals surface area (Å²) in [5, 5.41) is 0. The topological polar surface area (TPSA) is 46.6 Å². The van der Waals surface area contributed by atoms with Crippen LogP contribution in [0.2, 0.25) is 0 Å². The van der Waals surface area contributed by atoms with E-state index in [2.05, 4.69) is 0 Å². The molecular weight excluding hydrogens is 370 g/mol. The Balaban J connectivity index is 1.95. The van der Waals surface area contributed by atoms with Crippen molar-refractivity contribution < 1.29 is 13.2 Å². The van der Waals surface area contributed by atoms with Crippen LogP contribution >= 0.6 is 0 Å². The van der Waals surface area contributed by atoms with Crippen molar-refractivity contribution in [1.82, 2.24) is 0 Å². The van der Waals surface area contributed by atoms with Crippen LogP contribution < -0.4 is 9.04 Å². The van der Waals surface area contributed by atoms with Crippen LogP contribution in [0.4, 0.5) is 5.69 Å². The smallest absolute Gasteiger partial charge is 0.264 e. The first kappa shape index (κ1) is 19.7. The summed E-state index contributed by atoms with van der Waals surface area (Å²) in [6.07, 6.45) is 3.77. The highest BCUT2D eigenvalue weighted by atomic mass is 32.2. The van der Waals surface area contributed by atoms with Gasteiger partial charge in [-0.15, -0.1) is 0 Å². The Bertz CT molecular complexity index is 1030. The fourth-order valence-corrected chi connectivity index (χ4v) is 4.19. The van der Waals surface area contributed by atoms with E-state index in [0.717, 1.165) is 11.1 Å². The van der Waals surface area contributed by atoms with E-state index < -0.39 is 10.0 Å². The quantitative estimate of drug-likeness (QED) is 0.573. The number of hydrogen-bond acceptors (Lipinski definition) is 3. The molecule has 3 aromatic rings. The van der Waals surface area contributed by atoms with Crippen LogP contribution in [0, 0.1) is 6.92 Å². The zero-order valence-electron chi connectivity index (χ0n) is 15.9. The second kappa shape index (κ2) is 8.76. The third-order valence-corrected chi connectivity index (χ3v) is 6.16. The second-order valence-electron chi connectivity index (χ2n) is 6.36. The summed E-state index contributed by atoms with van der Waals surface area (Å²) in [5.74, 6) is 0.677. The molecule has 0 saturated carbocycles. The van der Waals surface area contributed by atoms with Gasteiger partial charge in [0.2, 0.25) is 0 Å². The maximum Gasteiger partial charge on any atom is 0.264 e. The van der Waals surface area contributed by atoms with Crippen molar-refractivity contribution in [2.45, 2.75) is 11.8 Å². The molecule has 3 aromatic carbocycles. The Morgan fingerprint density at radius 1 is 0.893 bits per heavy atom. The molecule has 5 heteroatoms. The van der Waals surface area contributed by atoms with Crippen molar-refractivity contribution >= 4 is 21.8 Å². The first-order valence-electron chi connectivity index (χ1n) is 8.96. The minimum atomic E-state index is -3.70. The summed E-state index contributed by atoms with van der Waals surface area (Å²) in [6, 6.07) is 23.7. The highest BCUT2D eigenvalue weighted by Gasteiger charge is 2.24. The maximum absolute atomic E-state index is 13.3. The molecule has 0 heterocycles. The highest BCUT2D eigenvalue weighted by Crippen LogP contribution is 2.26. The van der Waals surface area contributed by atoms with Gasteiger partial charge in [-0.1, -0.05) is 60.2 Å². The number of methoxy groups -OCH3 is 1. The average Bonchev–Trinajstić information content (AvgIpc) is 2.72. The van der Waals surface area contributed by atoms with Crippen molar-refractivity contribution in [3.05, 3.63) is 96.1 Å². The van der Waals surface area contributed by atoms with Crippen LogP contribution in [0.5, 0.6) is 5.75 Å². The van der Waals surface area contributed by atoms with Crippen LogP contribution in [0.25, 0.3) is 6.08 Å².